The van der Waals surface area contributed by atoms with E-state index in [-0.39, 0.29) is 11.3 Å². The number of hydrogen-bond donors (Lipinski definition) is 1. The summed E-state index contributed by atoms with van der Waals surface area (Å²) >= 11 is 0. The lowest BCUT2D eigenvalue weighted by Gasteiger charge is -2.10. The van der Waals surface area contributed by atoms with Gasteiger partial charge < -0.3 is 10.1 Å². The largest absolute Gasteiger partial charge is 0.493 e. The summed E-state index contributed by atoms with van der Waals surface area (Å²) in [5.41, 5.74) is 1.37. The van der Waals surface area contributed by atoms with Crippen molar-refractivity contribution in [3.8, 4) is 5.75 Å². The molecule has 0 aliphatic carbocycles. The van der Waals surface area contributed by atoms with Gasteiger partial charge in [-0.15, -0.1) is 0 Å². The first kappa shape index (κ1) is 18.6. The summed E-state index contributed by atoms with van der Waals surface area (Å²) < 4.78 is 19.1. The molecule has 0 atom stereocenters. The van der Waals surface area contributed by atoms with Crippen molar-refractivity contribution in [1.29, 1.82) is 0 Å². The van der Waals surface area contributed by atoms with Crippen LogP contribution in [0.4, 0.5) is 10.1 Å². The SMILES string of the molecule is CC(C)COc1ccc(C2=C(Nc3cccc(F)c3)C(=O)N(C)C2=O)cc1. The van der Waals surface area contributed by atoms with Crippen LogP contribution in [0.2, 0.25) is 0 Å². The highest BCUT2D eigenvalue weighted by atomic mass is 19.1. The Hall–Kier alpha value is -3.15. The Morgan fingerprint density at radius 2 is 1.78 bits per heavy atom. The van der Waals surface area contributed by atoms with Crippen LogP contribution in [0.1, 0.15) is 19.4 Å². The third kappa shape index (κ3) is 4.00. The van der Waals surface area contributed by atoms with Crippen LogP contribution in [0.3, 0.4) is 0 Å². The molecule has 2 aromatic carbocycles. The predicted octanol–water partition coefficient (Wildman–Crippen LogP) is 3.68. The van der Waals surface area contributed by atoms with Crippen molar-refractivity contribution >= 4 is 23.1 Å². The summed E-state index contributed by atoms with van der Waals surface area (Å²) in [7, 11) is 1.42. The van der Waals surface area contributed by atoms with Gasteiger partial charge in [0.25, 0.3) is 11.8 Å². The molecule has 1 aliphatic rings. The number of anilines is 1. The molecule has 6 heteroatoms. The predicted molar refractivity (Wildman–Crippen MR) is 101 cm³/mol. The van der Waals surface area contributed by atoms with Gasteiger partial charge in [-0.1, -0.05) is 32.0 Å². The molecule has 5 nitrogen and oxygen atoms in total. The van der Waals surface area contributed by atoms with Crippen LogP contribution in [-0.4, -0.2) is 30.4 Å². The van der Waals surface area contributed by atoms with Crippen LogP contribution in [0.25, 0.3) is 5.57 Å². The number of ether oxygens (including phenoxy) is 1. The molecule has 0 aromatic heterocycles. The zero-order chi connectivity index (χ0) is 19.6. The maximum absolute atomic E-state index is 13.5. The van der Waals surface area contributed by atoms with E-state index in [1.807, 2.05) is 0 Å². The fourth-order valence-corrected chi connectivity index (χ4v) is 2.72. The molecule has 0 fully saturated rings. The summed E-state index contributed by atoms with van der Waals surface area (Å²) in [4.78, 5) is 26.1. The van der Waals surface area contributed by atoms with Crippen molar-refractivity contribution in [2.45, 2.75) is 13.8 Å². The highest BCUT2D eigenvalue weighted by Gasteiger charge is 2.36. The van der Waals surface area contributed by atoms with E-state index in [2.05, 4.69) is 19.2 Å². The van der Waals surface area contributed by atoms with Crippen molar-refractivity contribution in [3.63, 3.8) is 0 Å². The molecule has 0 unspecified atom stereocenters. The second-order valence-corrected chi connectivity index (χ2v) is 6.78. The summed E-state index contributed by atoms with van der Waals surface area (Å²) in [5.74, 6) is -0.206. The van der Waals surface area contributed by atoms with Gasteiger partial charge in [-0.05, 0) is 41.8 Å². The average molecular weight is 368 g/mol. The molecule has 1 heterocycles. The van der Waals surface area contributed by atoms with Gasteiger partial charge in [0.05, 0.1) is 12.2 Å². The number of hydrogen-bond acceptors (Lipinski definition) is 4. The first-order chi connectivity index (χ1) is 12.9. The third-order valence-electron chi connectivity index (χ3n) is 4.11. The summed E-state index contributed by atoms with van der Waals surface area (Å²) in [5, 5.41) is 2.89. The number of nitrogens with zero attached hydrogens (tertiary/aromatic N) is 1. The summed E-state index contributed by atoms with van der Waals surface area (Å²) in [6.07, 6.45) is 0. The highest BCUT2D eigenvalue weighted by molar-refractivity contribution is 6.36. The van der Waals surface area contributed by atoms with Gasteiger partial charge in [-0.3, -0.25) is 14.5 Å². The van der Waals surface area contributed by atoms with Gasteiger partial charge in [0, 0.05) is 12.7 Å². The number of nitrogens with one attached hydrogen (secondary N) is 1. The molecule has 27 heavy (non-hydrogen) atoms. The fourth-order valence-electron chi connectivity index (χ4n) is 2.72. The fraction of sp³-hybridized carbons (Fsp3) is 0.238. The monoisotopic (exact) mass is 368 g/mol. The Labute approximate surface area is 157 Å². The van der Waals surface area contributed by atoms with Crippen molar-refractivity contribution in [2.24, 2.45) is 5.92 Å². The number of halogens is 1. The number of carbonyl (C=O) groups is 2. The maximum Gasteiger partial charge on any atom is 0.277 e. The smallest absolute Gasteiger partial charge is 0.277 e. The molecule has 0 saturated heterocycles. The van der Waals surface area contributed by atoms with Gasteiger partial charge >= 0.3 is 0 Å². The van der Waals surface area contributed by atoms with Gasteiger partial charge in [0.1, 0.15) is 17.3 Å². The van der Waals surface area contributed by atoms with E-state index in [1.165, 1.54) is 25.2 Å². The third-order valence-corrected chi connectivity index (χ3v) is 4.11. The minimum Gasteiger partial charge on any atom is -0.493 e. The molecule has 0 radical (unpaired) electrons. The number of imide groups is 1. The Kier molecular flexibility index (Phi) is 5.26. The summed E-state index contributed by atoms with van der Waals surface area (Å²) in [6.45, 7) is 4.71. The van der Waals surface area contributed by atoms with E-state index in [0.29, 0.717) is 29.5 Å². The second-order valence-electron chi connectivity index (χ2n) is 6.78. The molecular weight excluding hydrogens is 347 g/mol. The van der Waals surface area contributed by atoms with Gasteiger partial charge in [0.2, 0.25) is 0 Å². The molecule has 0 bridgehead atoms. The van der Waals surface area contributed by atoms with Crippen molar-refractivity contribution in [3.05, 3.63) is 65.6 Å². The quantitative estimate of drug-likeness (QED) is 0.790. The molecule has 0 spiro atoms. The molecule has 1 aliphatic heterocycles. The van der Waals surface area contributed by atoms with E-state index >= 15 is 0 Å². The van der Waals surface area contributed by atoms with Crippen molar-refractivity contribution in [1.82, 2.24) is 4.90 Å². The second kappa shape index (κ2) is 7.61. The molecule has 2 amide bonds. The Balaban J connectivity index is 1.94. The van der Waals surface area contributed by atoms with Gasteiger partial charge in [0.15, 0.2) is 0 Å². The molecule has 1 N–H and O–H groups in total. The van der Waals surface area contributed by atoms with Gasteiger partial charge in [-0.2, -0.15) is 0 Å². The lowest BCUT2D eigenvalue weighted by molar-refractivity contribution is -0.135. The van der Waals surface area contributed by atoms with E-state index < -0.39 is 17.6 Å². The van der Waals surface area contributed by atoms with Crippen LogP contribution in [-0.2, 0) is 9.59 Å². The van der Waals surface area contributed by atoms with Crippen molar-refractivity contribution in [2.75, 3.05) is 19.0 Å². The maximum atomic E-state index is 13.5. The van der Waals surface area contributed by atoms with Crippen LogP contribution in [0.5, 0.6) is 5.75 Å². The minimum absolute atomic E-state index is 0.129. The molecule has 2 aromatic rings. The average Bonchev–Trinajstić information content (AvgIpc) is 2.84. The number of benzene rings is 2. The number of rotatable bonds is 6. The molecular formula is C21H21FN2O3. The topological polar surface area (TPSA) is 58.6 Å². The van der Waals surface area contributed by atoms with Crippen molar-refractivity contribution < 1.29 is 18.7 Å². The molecule has 3 rings (SSSR count). The number of amides is 2. The minimum atomic E-state index is -0.459. The molecule has 140 valence electrons. The van der Waals surface area contributed by atoms with Crippen LogP contribution >= 0.6 is 0 Å². The van der Waals surface area contributed by atoms with Crippen LogP contribution in [0.15, 0.2) is 54.2 Å². The standard InChI is InChI=1S/C21H21FN2O3/c1-13(2)12-27-17-9-7-14(8-10-17)18-19(21(26)24(3)20(18)25)23-16-6-4-5-15(22)11-16/h4-11,13,23H,12H2,1-3H3. The normalized spacial score (nSPS) is 14.3. The molecule has 0 saturated carbocycles. The van der Waals surface area contributed by atoms with Crippen LogP contribution < -0.4 is 10.1 Å². The van der Waals surface area contributed by atoms with E-state index in [9.17, 15) is 14.0 Å². The lowest BCUT2D eigenvalue weighted by Crippen LogP contribution is -2.27. The van der Waals surface area contributed by atoms with Crippen LogP contribution in [0, 0.1) is 11.7 Å². The number of likely N-dealkylation sites (N-methyl/N-ethyl adjacent to an activating group) is 1. The Morgan fingerprint density at radius 1 is 1.07 bits per heavy atom. The van der Waals surface area contributed by atoms with Gasteiger partial charge in [-0.25, -0.2) is 4.39 Å². The Morgan fingerprint density at radius 3 is 2.41 bits per heavy atom. The number of carbonyl (C=O) groups excluding carboxylic acids is 2. The highest BCUT2D eigenvalue weighted by Crippen LogP contribution is 2.30. The van der Waals surface area contributed by atoms with E-state index in [4.69, 9.17) is 4.74 Å². The lowest BCUT2D eigenvalue weighted by atomic mass is 10.0. The van der Waals surface area contributed by atoms with E-state index in [0.717, 1.165) is 4.90 Å². The zero-order valence-electron chi connectivity index (χ0n) is 15.5. The van der Waals surface area contributed by atoms with E-state index in [1.54, 1.807) is 30.3 Å². The zero-order valence-corrected chi connectivity index (χ0v) is 15.5. The Bertz CT molecular complexity index is 904. The first-order valence-corrected chi connectivity index (χ1v) is 8.69. The first-order valence-electron chi connectivity index (χ1n) is 8.69. The summed E-state index contributed by atoms with van der Waals surface area (Å²) in [6, 6.07) is 12.7.